The van der Waals surface area contributed by atoms with Crippen LogP contribution in [0.4, 0.5) is 0 Å². The summed E-state index contributed by atoms with van der Waals surface area (Å²) in [5.74, 6) is 0.218. The molecule has 1 aromatic heterocycles. The first-order chi connectivity index (χ1) is 17.4. The minimum Gasteiger partial charge on any atom is -0.481 e. The number of carboxylic acid groups (broad SMARTS) is 1. The molecule has 2 atom stereocenters. The van der Waals surface area contributed by atoms with E-state index in [1.54, 1.807) is 0 Å². The van der Waals surface area contributed by atoms with Crippen molar-refractivity contribution in [3.05, 3.63) is 101 Å². The minimum atomic E-state index is -0.735. The number of aliphatic carboxylic acids is 1. The van der Waals surface area contributed by atoms with Crippen LogP contribution in [0.25, 0.3) is 22.5 Å². The van der Waals surface area contributed by atoms with Gasteiger partial charge >= 0.3 is 5.97 Å². The van der Waals surface area contributed by atoms with Crippen molar-refractivity contribution in [1.82, 2.24) is 5.16 Å². The Hall–Kier alpha value is -3.70. The molecule has 2 unspecified atom stereocenters. The molecular weight excluding hydrogens is 450 g/mol. The van der Waals surface area contributed by atoms with E-state index in [4.69, 9.17) is 4.52 Å². The van der Waals surface area contributed by atoms with E-state index in [1.807, 2.05) is 73.7 Å². The molecule has 4 aromatic rings. The maximum Gasteiger partial charge on any atom is 0.314 e. The number of hydrogen-bond donors (Lipinski definition) is 2. The van der Waals surface area contributed by atoms with Crippen molar-refractivity contribution < 1.29 is 19.5 Å². The third kappa shape index (κ3) is 4.59. The van der Waals surface area contributed by atoms with Gasteiger partial charge in [0.15, 0.2) is 5.76 Å². The fourth-order valence-electron chi connectivity index (χ4n) is 5.11. The van der Waals surface area contributed by atoms with Gasteiger partial charge in [0.25, 0.3) is 0 Å². The lowest BCUT2D eigenvalue weighted by Crippen LogP contribution is -2.19. The topological polar surface area (TPSA) is 83.6 Å². The monoisotopic (exact) mass is 481 g/mol. The molecule has 0 spiro atoms. The van der Waals surface area contributed by atoms with Gasteiger partial charge in [-0.2, -0.15) is 0 Å². The predicted molar refractivity (Wildman–Crippen MR) is 140 cm³/mol. The fourth-order valence-corrected chi connectivity index (χ4v) is 5.11. The first-order valence-corrected chi connectivity index (χ1v) is 12.5. The summed E-state index contributed by atoms with van der Waals surface area (Å²) in [6, 6.07) is 25.8. The first-order valence-electron chi connectivity index (χ1n) is 12.5. The molecule has 0 bridgehead atoms. The smallest absolute Gasteiger partial charge is 0.314 e. The van der Waals surface area contributed by atoms with Crippen LogP contribution >= 0.6 is 0 Å². The molecule has 5 nitrogen and oxygen atoms in total. The standard InChI is InChI=1S/C31H31NO4/c1-20(8-17-27(33)24-6-4-3-5-7-24)28-21(2)32-36-29(28)25-11-9-22(10-12-25)23-13-15-26(16-14-23)31(18-19-31)30(34)35/h3-7,9-16,20,27,33H,8,17-19H2,1-2H3,(H,34,35). The molecule has 0 radical (unpaired) electrons. The second kappa shape index (κ2) is 9.75. The van der Waals surface area contributed by atoms with Crippen LogP contribution < -0.4 is 0 Å². The molecule has 1 fully saturated rings. The number of aliphatic hydroxyl groups is 1. The van der Waals surface area contributed by atoms with E-state index in [1.165, 1.54) is 0 Å². The van der Waals surface area contributed by atoms with Gasteiger partial charge in [0.1, 0.15) is 0 Å². The third-order valence-corrected chi connectivity index (χ3v) is 7.54. The second-order valence-corrected chi connectivity index (χ2v) is 9.96. The highest BCUT2D eigenvalue weighted by Crippen LogP contribution is 2.48. The number of rotatable bonds is 9. The number of hydrogen-bond acceptors (Lipinski definition) is 4. The van der Waals surface area contributed by atoms with Crippen LogP contribution in [0.1, 0.15) is 67.0 Å². The molecule has 0 amide bonds. The number of benzene rings is 3. The summed E-state index contributed by atoms with van der Waals surface area (Å²) < 4.78 is 5.75. The number of nitrogens with zero attached hydrogens (tertiary/aromatic N) is 1. The largest absolute Gasteiger partial charge is 0.481 e. The summed E-state index contributed by atoms with van der Waals surface area (Å²) in [7, 11) is 0. The number of carboxylic acids is 1. The average Bonchev–Trinajstić information content (AvgIpc) is 3.64. The Bertz CT molecular complexity index is 1340. The molecule has 0 saturated heterocycles. The van der Waals surface area contributed by atoms with E-state index in [0.717, 1.165) is 51.3 Å². The Kier molecular flexibility index (Phi) is 6.50. The molecule has 1 heterocycles. The Morgan fingerprint density at radius 1 is 0.917 bits per heavy atom. The number of aliphatic hydroxyl groups excluding tert-OH is 1. The van der Waals surface area contributed by atoms with Gasteiger partial charge in [0.2, 0.25) is 0 Å². The summed E-state index contributed by atoms with van der Waals surface area (Å²) in [6.45, 7) is 4.12. The van der Waals surface area contributed by atoms with Gasteiger partial charge in [0, 0.05) is 11.1 Å². The maximum absolute atomic E-state index is 11.6. The Morgan fingerprint density at radius 2 is 1.50 bits per heavy atom. The van der Waals surface area contributed by atoms with E-state index >= 15 is 0 Å². The summed E-state index contributed by atoms with van der Waals surface area (Å²) in [5.41, 5.74) is 6.15. The maximum atomic E-state index is 11.6. The van der Waals surface area contributed by atoms with Crippen LogP contribution in [-0.4, -0.2) is 21.3 Å². The van der Waals surface area contributed by atoms with Gasteiger partial charge in [-0.15, -0.1) is 0 Å². The molecule has 36 heavy (non-hydrogen) atoms. The van der Waals surface area contributed by atoms with Crippen LogP contribution in [0, 0.1) is 6.92 Å². The molecule has 1 aliphatic rings. The van der Waals surface area contributed by atoms with E-state index in [-0.39, 0.29) is 5.92 Å². The van der Waals surface area contributed by atoms with Crippen molar-refractivity contribution in [3.8, 4) is 22.5 Å². The molecule has 5 rings (SSSR count). The van der Waals surface area contributed by atoms with Gasteiger partial charge in [-0.3, -0.25) is 4.79 Å². The van der Waals surface area contributed by atoms with E-state index in [2.05, 4.69) is 24.2 Å². The zero-order valence-electron chi connectivity index (χ0n) is 20.6. The number of aromatic nitrogens is 1. The summed E-state index contributed by atoms with van der Waals surface area (Å²) in [5, 5.41) is 24.4. The highest BCUT2D eigenvalue weighted by Gasteiger charge is 2.51. The van der Waals surface area contributed by atoms with Crippen molar-refractivity contribution in [1.29, 1.82) is 0 Å². The zero-order valence-corrected chi connectivity index (χ0v) is 20.6. The molecule has 5 heteroatoms. The fraction of sp³-hybridized carbons (Fsp3) is 0.290. The molecule has 1 aliphatic carbocycles. The van der Waals surface area contributed by atoms with Crippen LogP contribution in [-0.2, 0) is 10.2 Å². The van der Waals surface area contributed by atoms with Crippen LogP contribution in [0.3, 0.4) is 0 Å². The van der Waals surface area contributed by atoms with Crippen LogP contribution in [0.5, 0.6) is 0 Å². The van der Waals surface area contributed by atoms with Gasteiger partial charge in [0.05, 0.1) is 17.2 Å². The van der Waals surface area contributed by atoms with E-state index in [9.17, 15) is 15.0 Å². The normalized spacial score (nSPS) is 15.9. The summed E-state index contributed by atoms with van der Waals surface area (Å²) in [4.78, 5) is 11.6. The molecular formula is C31H31NO4. The SMILES string of the molecule is Cc1noc(-c2ccc(-c3ccc(C4(C(=O)O)CC4)cc3)cc2)c1C(C)CCC(O)c1ccccc1. The lowest BCUT2D eigenvalue weighted by atomic mass is 9.90. The lowest BCUT2D eigenvalue weighted by molar-refractivity contribution is -0.140. The van der Waals surface area contributed by atoms with Crippen molar-refractivity contribution in [2.75, 3.05) is 0 Å². The van der Waals surface area contributed by atoms with Crippen LogP contribution in [0.2, 0.25) is 0 Å². The van der Waals surface area contributed by atoms with E-state index < -0.39 is 17.5 Å². The summed E-state index contributed by atoms with van der Waals surface area (Å²) in [6.07, 6.45) is 2.40. The minimum absolute atomic E-state index is 0.181. The number of aryl methyl sites for hydroxylation is 1. The van der Waals surface area contributed by atoms with Crippen molar-refractivity contribution in [2.24, 2.45) is 0 Å². The second-order valence-electron chi connectivity index (χ2n) is 9.96. The lowest BCUT2D eigenvalue weighted by Gasteiger charge is -2.16. The first kappa shape index (κ1) is 24.0. The Morgan fingerprint density at radius 3 is 2.08 bits per heavy atom. The Labute approximate surface area is 211 Å². The Balaban J connectivity index is 1.30. The third-order valence-electron chi connectivity index (χ3n) is 7.54. The number of carbonyl (C=O) groups is 1. The average molecular weight is 482 g/mol. The van der Waals surface area contributed by atoms with Gasteiger partial charge in [-0.25, -0.2) is 0 Å². The summed E-state index contributed by atoms with van der Waals surface area (Å²) >= 11 is 0. The molecule has 2 N–H and O–H groups in total. The van der Waals surface area contributed by atoms with Crippen molar-refractivity contribution >= 4 is 5.97 Å². The van der Waals surface area contributed by atoms with Gasteiger partial charge in [-0.05, 0) is 60.8 Å². The molecule has 184 valence electrons. The highest BCUT2D eigenvalue weighted by molar-refractivity contribution is 5.85. The molecule has 1 saturated carbocycles. The van der Waals surface area contributed by atoms with Crippen molar-refractivity contribution in [3.63, 3.8) is 0 Å². The highest BCUT2D eigenvalue weighted by atomic mass is 16.5. The van der Waals surface area contributed by atoms with E-state index in [0.29, 0.717) is 19.3 Å². The van der Waals surface area contributed by atoms with Gasteiger partial charge < -0.3 is 14.7 Å². The van der Waals surface area contributed by atoms with Crippen molar-refractivity contribution in [2.45, 2.75) is 57.0 Å². The molecule has 3 aromatic carbocycles. The van der Waals surface area contributed by atoms with Gasteiger partial charge in [-0.1, -0.05) is 90.9 Å². The van der Waals surface area contributed by atoms with Crippen LogP contribution in [0.15, 0.2) is 83.4 Å². The quantitative estimate of drug-likeness (QED) is 0.268. The zero-order chi connectivity index (χ0) is 25.3. The predicted octanol–water partition coefficient (Wildman–Crippen LogP) is 7.05. The molecule has 0 aliphatic heterocycles.